The van der Waals surface area contributed by atoms with Gasteiger partial charge in [0.05, 0.1) is 6.61 Å². The van der Waals surface area contributed by atoms with Gasteiger partial charge in [0.25, 0.3) is 5.91 Å². The largest absolute Gasteiger partial charge is 0.383 e. The highest BCUT2D eigenvalue weighted by molar-refractivity contribution is 5.97. The van der Waals surface area contributed by atoms with Crippen LogP contribution in [0.15, 0.2) is 24.3 Å². The molecule has 5 heteroatoms. The minimum atomic E-state index is -0.558. The maximum Gasteiger partial charge on any atom is 0.251 e. The molecule has 4 aliphatic carbocycles. The van der Waals surface area contributed by atoms with Gasteiger partial charge in [0.1, 0.15) is 6.04 Å². The van der Waals surface area contributed by atoms with Crippen LogP contribution in [0.4, 0.5) is 0 Å². The van der Waals surface area contributed by atoms with E-state index in [1.807, 2.05) is 26.0 Å². The molecule has 1 aromatic carbocycles. The highest BCUT2D eigenvalue weighted by atomic mass is 16.5. The summed E-state index contributed by atoms with van der Waals surface area (Å²) in [5.41, 5.74) is 2.38. The molecule has 0 spiro atoms. The first-order valence-electron chi connectivity index (χ1n) is 11.6. The Bertz CT molecular complexity index is 736. The molecule has 0 radical (unpaired) electrons. The predicted octanol–water partition coefficient (Wildman–Crippen LogP) is 3.67. The third kappa shape index (κ3) is 4.27. The van der Waals surface area contributed by atoms with Gasteiger partial charge in [-0.15, -0.1) is 0 Å². The lowest BCUT2D eigenvalue weighted by Crippen LogP contribution is -2.50. The summed E-state index contributed by atoms with van der Waals surface area (Å²) >= 11 is 0. The second-order valence-electron chi connectivity index (χ2n) is 10.3. The summed E-state index contributed by atoms with van der Waals surface area (Å²) in [6.45, 7) is 4.78. The molecule has 30 heavy (non-hydrogen) atoms. The van der Waals surface area contributed by atoms with E-state index in [0.29, 0.717) is 24.1 Å². The van der Waals surface area contributed by atoms with Crippen LogP contribution >= 0.6 is 0 Å². The van der Waals surface area contributed by atoms with E-state index in [1.54, 1.807) is 7.11 Å². The summed E-state index contributed by atoms with van der Waals surface area (Å²) in [5, 5.41) is 5.75. The van der Waals surface area contributed by atoms with Crippen molar-refractivity contribution in [2.75, 3.05) is 20.3 Å². The molecule has 0 aromatic heterocycles. The van der Waals surface area contributed by atoms with E-state index in [2.05, 4.69) is 22.8 Å². The Morgan fingerprint density at radius 2 is 1.60 bits per heavy atom. The van der Waals surface area contributed by atoms with Gasteiger partial charge in [-0.25, -0.2) is 0 Å². The Kier molecular flexibility index (Phi) is 6.19. The van der Waals surface area contributed by atoms with E-state index in [9.17, 15) is 9.59 Å². The Morgan fingerprint density at radius 3 is 2.10 bits per heavy atom. The van der Waals surface area contributed by atoms with Crippen LogP contribution in [-0.4, -0.2) is 38.1 Å². The van der Waals surface area contributed by atoms with Gasteiger partial charge < -0.3 is 15.4 Å². The number of hydrogen-bond acceptors (Lipinski definition) is 3. The zero-order chi connectivity index (χ0) is 21.3. The summed E-state index contributed by atoms with van der Waals surface area (Å²) in [4.78, 5) is 25.3. The summed E-state index contributed by atoms with van der Waals surface area (Å²) in [6, 6.07) is 7.68. The molecule has 2 N–H and O–H groups in total. The van der Waals surface area contributed by atoms with Crippen LogP contribution in [0, 0.1) is 23.7 Å². The summed E-state index contributed by atoms with van der Waals surface area (Å²) in [5.74, 6) is 2.36. The van der Waals surface area contributed by atoms with Crippen LogP contribution < -0.4 is 10.6 Å². The fourth-order valence-corrected chi connectivity index (χ4v) is 6.59. The number of methoxy groups -OCH3 is 1. The first-order chi connectivity index (χ1) is 14.4. The minimum Gasteiger partial charge on any atom is -0.383 e. The second kappa shape index (κ2) is 8.70. The van der Waals surface area contributed by atoms with E-state index in [-0.39, 0.29) is 17.7 Å². The quantitative estimate of drug-likeness (QED) is 0.640. The SMILES string of the molecule is COCCNC(=O)[C@H](NC(=O)c1ccc(C23CC4CC(CC(C4)C2)C3)cc1)C(C)C. The number of rotatable bonds is 8. The van der Waals surface area contributed by atoms with E-state index in [0.717, 1.165) is 17.8 Å². The van der Waals surface area contributed by atoms with Crippen LogP contribution in [0.1, 0.15) is 68.3 Å². The fourth-order valence-electron chi connectivity index (χ4n) is 6.59. The minimum absolute atomic E-state index is 0.00259. The van der Waals surface area contributed by atoms with Crippen LogP contribution in [0.3, 0.4) is 0 Å². The lowest BCUT2D eigenvalue weighted by atomic mass is 9.48. The fraction of sp³-hybridized carbons (Fsp3) is 0.680. The van der Waals surface area contributed by atoms with Crippen molar-refractivity contribution in [3.8, 4) is 0 Å². The number of carbonyl (C=O) groups excluding carboxylic acids is 2. The van der Waals surface area contributed by atoms with Crippen molar-refractivity contribution in [3.05, 3.63) is 35.4 Å². The van der Waals surface area contributed by atoms with Crippen molar-refractivity contribution in [1.82, 2.24) is 10.6 Å². The maximum atomic E-state index is 12.8. The summed E-state index contributed by atoms with van der Waals surface area (Å²) in [7, 11) is 1.60. The molecule has 0 aliphatic heterocycles. The molecule has 4 fully saturated rings. The monoisotopic (exact) mass is 412 g/mol. The van der Waals surface area contributed by atoms with Crippen molar-refractivity contribution in [2.45, 2.75) is 63.8 Å². The number of benzene rings is 1. The maximum absolute atomic E-state index is 12.8. The van der Waals surface area contributed by atoms with Gasteiger partial charge in [-0.2, -0.15) is 0 Å². The van der Waals surface area contributed by atoms with Gasteiger partial charge in [0.2, 0.25) is 5.91 Å². The molecule has 1 atom stereocenters. The zero-order valence-corrected chi connectivity index (χ0v) is 18.6. The predicted molar refractivity (Wildman–Crippen MR) is 117 cm³/mol. The van der Waals surface area contributed by atoms with E-state index in [4.69, 9.17) is 4.74 Å². The van der Waals surface area contributed by atoms with Crippen molar-refractivity contribution >= 4 is 11.8 Å². The molecule has 0 unspecified atom stereocenters. The number of hydrogen-bond donors (Lipinski definition) is 2. The van der Waals surface area contributed by atoms with Gasteiger partial charge in [0, 0.05) is 19.2 Å². The van der Waals surface area contributed by atoms with E-state index >= 15 is 0 Å². The molecule has 4 aliphatic rings. The van der Waals surface area contributed by atoms with Crippen molar-refractivity contribution in [2.24, 2.45) is 23.7 Å². The van der Waals surface area contributed by atoms with Crippen molar-refractivity contribution in [1.29, 1.82) is 0 Å². The Morgan fingerprint density at radius 1 is 1.03 bits per heavy atom. The standard InChI is InChI=1S/C25H36N2O3/c1-16(2)22(24(29)26-8-9-30-3)27-23(28)20-4-6-21(7-5-20)25-13-17-10-18(14-25)12-19(11-17)15-25/h4-7,16-19,22H,8-15H2,1-3H3,(H,26,29)(H,27,28)/t17?,18?,19?,22-,25?/m1/s1. The highest BCUT2D eigenvalue weighted by Crippen LogP contribution is 2.60. The Hall–Kier alpha value is -1.88. The van der Waals surface area contributed by atoms with Crippen LogP contribution in [0.2, 0.25) is 0 Å². The lowest BCUT2D eigenvalue weighted by Gasteiger charge is -2.57. The lowest BCUT2D eigenvalue weighted by molar-refractivity contribution is -0.124. The number of amides is 2. The average molecular weight is 413 g/mol. The topological polar surface area (TPSA) is 67.4 Å². The first kappa shape index (κ1) is 21.4. The zero-order valence-electron chi connectivity index (χ0n) is 18.6. The van der Waals surface area contributed by atoms with Crippen molar-refractivity contribution < 1.29 is 14.3 Å². The number of ether oxygens (including phenoxy) is 1. The van der Waals surface area contributed by atoms with Gasteiger partial charge >= 0.3 is 0 Å². The Labute approximate surface area is 180 Å². The average Bonchev–Trinajstić information content (AvgIpc) is 2.71. The van der Waals surface area contributed by atoms with E-state index in [1.165, 1.54) is 44.1 Å². The summed E-state index contributed by atoms with van der Waals surface area (Å²) in [6.07, 6.45) is 8.26. The van der Waals surface area contributed by atoms with Gasteiger partial charge in [0.15, 0.2) is 0 Å². The van der Waals surface area contributed by atoms with Crippen LogP contribution in [-0.2, 0) is 14.9 Å². The molecule has 164 valence electrons. The van der Waals surface area contributed by atoms with Crippen molar-refractivity contribution in [3.63, 3.8) is 0 Å². The first-order valence-corrected chi connectivity index (χ1v) is 11.6. The molecule has 4 saturated carbocycles. The van der Waals surface area contributed by atoms with Gasteiger partial charge in [-0.05, 0) is 85.3 Å². The van der Waals surface area contributed by atoms with Gasteiger partial charge in [-0.1, -0.05) is 26.0 Å². The molecule has 4 bridgehead atoms. The highest BCUT2D eigenvalue weighted by Gasteiger charge is 2.51. The normalized spacial score (nSPS) is 30.3. The Balaban J connectivity index is 1.42. The summed E-state index contributed by atoms with van der Waals surface area (Å²) < 4.78 is 4.98. The molecule has 1 aromatic rings. The molecule has 0 heterocycles. The molecule has 5 nitrogen and oxygen atoms in total. The molecule has 0 saturated heterocycles. The van der Waals surface area contributed by atoms with Crippen LogP contribution in [0.25, 0.3) is 0 Å². The third-order valence-corrected chi connectivity index (χ3v) is 7.64. The third-order valence-electron chi connectivity index (χ3n) is 7.64. The molecule has 5 rings (SSSR count). The van der Waals surface area contributed by atoms with Gasteiger partial charge in [-0.3, -0.25) is 9.59 Å². The number of nitrogens with one attached hydrogen (secondary N) is 2. The molecular formula is C25H36N2O3. The molecular weight excluding hydrogens is 376 g/mol. The smallest absolute Gasteiger partial charge is 0.251 e. The molecule has 2 amide bonds. The van der Waals surface area contributed by atoms with Crippen LogP contribution in [0.5, 0.6) is 0 Å². The second-order valence-corrected chi connectivity index (χ2v) is 10.3. The number of carbonyl (C=O) groups is 2. The van der Waals surface area contributed by atoms with E-state index < -0.39 is 6.04 Å².